The number of oxazole rings is 1. The predicted octanol–water partition coefficient (Wildman–Crippen LogP) is 3.59. The highest BCUT2D eigenvalue weighted by Crippen LogP contribution is 2.22. The average molecular weight is 341 g/mol. The molecule has 2 amide bonds. The van der Waals surface area contributed by atoms with Crippen LogP contribution in [-0.2, 0) is 0 Å². The smallest absolute Gasteiger partial charge is 0.277 e. The number of hydrogen-bond acceptors (Lipinski definition) is 4. The van der Waals surface area contributed by atoms with Crippen LogP contribution in [0.5, 0.6) is 0 Å². The summed E-state index contributed by atoms with van der Waals surface area (Å²) in [5.74, 6) is 0.386. The van der Waals surface area contributed by atoms with Crippen LogP contribution in [0.2, 0.25) is 0 Å². The van der Waals surface area contributed by atoms with Gasteiger partial charge in [0.25, 0.3) is 11.8 Å². The van der Waals surface area contributed by atoms with Crippen molar-refractivity contribution < 1.29 is 14.0 Å². The molecule has 1 aliphatic heterocycles. The van der Waals surface area contributed by atoms with Gasteiger partial charge >= 0.3 is 0 Å². The summed E-state index contributed by atoms with van der Waals surface area (Å²) >= 11 is 0. The molecule has 25 heavy (non-hydrogen) atoms. The summed E-state index contributed by atoms with van der Waals surface area (Å²) in [7, 11) is 0. The molecule has 6 heteroatoms. The van der Waals surface area contributed by atoms with Gasteiger partial charge in [-0.2, -0.15) is 0 Å². The fourth-order valence-electron chi connectivity index (χ4n) is 3.06. The Hall–Kier alpha value is -2.63. The first-order valence-corrected chi connectivity index (χ1v) is 8.62. The van der Waals surface area contributed by atoms with E-state index in [4.69, 9.17) is 4.42 Å². The maximum Gasteiger partial charge on any atom is 0.277 e. The SMILES string of the molecule is Cc1cc(C(=O)N2CCCC2)ccc1NC(=O)c1ncoc1C(C)C. The van der Waals surface area contributed by atoms with Crippen molar-refractivity contribution in [2.75, 3.05) is 18.4 Å². The Kier molecular flexibility index (Phi) is 4.88. The van der Waals surface area contributed by atoms with Crippen molar-refractivity contribution in [2.45, 2.75) is 39.5 Å². The summed E-state index contributed by atoms with van der Waals surface area (Å²) < 4.78 is 5.30. The van der Waals surface area contributed by atoms with E-state index in [1.54, 1.807) is 12.1 Å². The lowest BCUT2D eigenvalue weighted by Gasteiger charge is -2.16. The van der Waals surface area contributed by atoms with E-state index in [-0.39, 0.29) is 17.7 Å². The van der Waals surface area contributed by atoms with Crippen LogP contribution in [0.1, 0.15) is 64.8 Å². The lowest BCUT2D eigenvalue weighted by Crippen LogP contribution is -2.27. The number of hydrogen-bond donors (Lipinski definition) is 1. The first-order chi connectivity index (χ1) is 12.0. The Bertz CT molecular complexity index is 789. The maximum atomic E-state index is 12.5. The van der Waals surface area contributed by atoms with Crippen molar-refractivity contribution in [3.8, 4) is 0 Å². The van der Waals surface area contributed by atoms with Crippen molar-refractivity contribution in [1.29, 1.82) is 0 Å². The number of aromatic nitrogens is 1. The predicted molar refractivity (Wildman–Crippen MR) is 94.9 cm³/mol. The zero-order chi connectivity index (χ0) is 18.0. The zero-order valence-electron chi connectivity index (χ0n) is 14.8. The molecule has 0 unspecified atom stereocenters. The fraction of sp³-hybridized carbons (Fsp3) is 0.421. The van der Waals surface area contributed by atoms with Gasteiger partial charge in [0.1, 0.15) is 5.76 Å². The molecule has 0 radical (unpaired) electrons. The summed E-state index contributed by atoms with van der Waals surface area (Å²) in [5, 5.41) is 2.86. The molecule has 2 aromatic rings. The van der Waals surface area contributed by atoms with Gasteiger partial charge in [0.05, 0.1) is 0 Å². The van der Waals surface area contributed by atoms with Crippen LogP contribution in [-0.4, -0.2) is 34.8 Å². The summed E-state index contributed by atoms with van der Waals surface area (Å²) in [5.41, 5.74) is 2.46. The second-order valence-electron chi connectivity index (χ2n) is 6.70. The molecule has 0 saturated carbocycles. The van der Waals surface area contributed by atoms with Crippen LogP contribution in [0.4, 0.5) is 5.69 Å². The van der Waals surface area contributed by atoms with Crippen LogP contribution < -0.4 is 5.32 Å². The quantitative estimate of drug-likeness (QED) is 0.922. The highest BCUT2D eigenvalue weighted by Gasteiger charge is 2.22. The van der Waals surface area contributed by atoms with Crippen molar-refractivity contribution in [3.05, 3.63) is 47.2 Å². The van der Waals surface area contributed by atoms with Crippen molar-refractivity contribution in [1.82, 2.24) is 9.88 Å². The van der Waals surface area contributed by atoms with Gasteiger partial charge in [-0.05, 0) is 43.5 Å². The topological polar surface area (TPSA) is 75.4 Å². The van der Waals surface area contributed by atoms with Crippen LogP contribution in [0.25, 0.3) is 0 Å². The molecule has 1 aliphatic rings. The van der Waals surface area contributed by atoms with E-state index >= 15 is 0 Å². The normalized spacial score (nSPS) is 14.2. The van der Waals surface area contributed by atoms with E-state index in [1.807, 2.05) is 31.7 Å². The minimum absolute atomic E-state index is 0.0528. The molecule has 132 valence electrons. The minimum atomic E-state index is -0.306. The number of benzene rings is 1. The standard InChI is InChI=1S/C19H23N3O3/c1-12(2)17-16(20-11-25-17)18(23)21-15-7-6-14(10-13(15)3)19(24)22-8-4-5-9-22/h6-7,10-12H,4-5,8-9H2,1-3H3,(H,21,23). The van der Waals surface area contributed by atoms with Gasteiger partial charge in [-0.25, -0.2) is 4.98 Å². The number of likely N-dealkylation sites (tertiary alicyclic amines) is 1. The Morgan fingerprint density at radius 2 is 1.96 bits per heavy atom. The highest BCUT2D eigenvalue weighted by molar-refractivity contribution is 6.04. The monoisotopic (exact) mass is 341 g/mol. The molecule has 1 saturated heterocycles. The van der Waals surface area contributed by atoms with Gasteiger partial charge in [0.2, 0.25) is 0 Å². The number of rotatable bonds is 4. The first kappa shape index (κ1) is 17.2. The van der Waals surface area contributed by atoms with Gasteiger partial charge in [0.15, 0.2) is 12.1 Å². The molecule has 6 nitrogen and oxygen atoms in total. The summed E-state index contributed by atoms with van der Waals surface area (Å²) in [6.07, 6.45) is 3.42. The lowest BCUT2D eigenvalue weighted by molar-refractivity contribution is 0.0792. The van der Waals surface area contributed by atoms with E-state index in [0.717, 1.165) is 31.5 Å². The van der Waals surface area contributed by atoms with E-state index in [2.05, 4.69) is 10.3 Å². The molecule has 0 atom stereocenters. The second kappa shape index (κ2) is 7.09. The molecule has 0 spiro atoms. The molecule has 0 bridgehead atoms. The zero-order valence-corrected chi connectivity index (χ0v) is 14.8. The molecular weight excluding hydrogens is 318 g/mol. The fourth-order valence-corrected chi connectivity index (χ4v) is 3.06. The number of aryl methyl sites for hydroxylation is 1. The number of nitrogens with zero attached hydrogens (tertiary/aromatic N) is 2. The lowest BCUT2D eigenvalue weighted by atomic mass is 10.1. The molecule has 1 aromatic carbocycles. The van der Waals surface area contributed by atoms with Crippen LogP contribution >= 0.6 is 0 Å². The molecule has 0 aliphatic carbocycles. The van der Waals surface area contributed by atoms with Crippen LogP contribution in [0, 0.1) is 6.92 Å². The molecule has 1 aromatic heterocycles. The third-order valence-corrected chi connectivity index (χ3v) is 4.45. The second-order valence-corrected chi connectivity index (χ2v) is 6.70. The van der Waals surface area contributed by atoms with Gasteiger partial charge in [-0.15, -0.1) is 0 Å². The van der Waals surface area contributed by atoms with Crippen molar-refractivity contribution in [2.24, 2.45) is 0 Å². The number of anilines is 1. The van der Waals surface area contributed by atoms with Crippen molar-refractivity contribution in [3.63, 3.8) is 0 Å². The van der Waals surface area contributed by atoms with Gasteiger partial charge in [0, 0.05) is 30.3 Å². The maximum absolute atomic E-state index is 12.5. The molecule has 3 rings (SSSR count). The number of carbonyl (C=O) groups excluding carboxylic acids is 2. The third kappa shape index (κ3) is 3.57. The number of carbonyl (C=O) groups is 2. The van der Waals surface area contributed by atoms with Crippen LogP contribution in [0.15, 0.2) is 29.0 Å². The summed E-state index contributed by atoms with van der Waals surface area (Å²) in [4.78, 5) is 30.8. The van der Waals surface area contributed by atoms with E-state index in [9.17, 15) is 9.59 Å². The van der Waals surface area contributed by atoms with E-state index in [0.29, 0.717) is 22.7 Å². The van der Waals surface area contributed by atoms with Gasteiger partial charge in [-0.1, -0.05) is 13.8 Å². The Morgan fingerprint density at radius 1 is 1.24 bits per heavy atom. The highest BCUT2D eigenvalue weighted by atomic mass is 16.3. The van der Waals surface area contributed by atoms with E-state index in [1.165, 1.54) is 6.39 Å². The third-order valence-electron chi connectivity index (χ3n) is 4.45. The van der Waals surface area contributed by atoms with Crippen LogP contribution in [0.3, 0.4) is 0 Å². The average Bonchev–Trinajstić information content (AvgIpc) is 3.27. The molecule has 1 fully saturated rings. The number of nitrogens with one attached hydrogen (secondary N) is 1. The Morgan fingerprint density at radius 3 is 2.60 bits per heavy atom. The summed E-state index contributed by atoms with van der Waals surface area (Å²) in [6.45, 7) is 7.41. The van der Waals surface area contributed by atoms with Crippen molar-refractivity contribution >= 4 is 17.5 Å². The summed E-state index contributed by atoms with van der Waals surface area (Å²) in [6, 6.07) is 5.35. The minimum Gasteiger partial charge on any atom is -0.447 e. The Labute approximate surface area is 147 Å². The largest absolute Gasteiger partial charge is 0.447 e. The number of amides is 2. The molecule has 1 N–H and O–H groups in total. The van der Waals surface area contributed by atoms with E-state index < -0.39 is 0 Å². The van der Waals surface area contributed by atoms with Gasteiger partial charge < -0.3 is 14.6 Å². The van der Waals surface area contributed by atoms with Gasteiger partial charge in [-0.3, -0.25) is 9.59 Å². The molecular formula is C19H23N3O3. The Balaban J connectivity index is 1.76. The molecule has 2 heterocycles. The first-order valence-electron chi connectivity index (χ1n) is 8.62.